The number of carbonyl (C=O) groups excluding carboxylic acids is 2. The molecule has 0 aliphatic heterocycles. The van der Waals surface area contributed by atoms with Gasteiger partial charge in [0.25, 0.3) is 0 Å². The highest BCUT2D eigenvalue weighted by Gasteiger charge is 2.27. The fraction of sp³-hybridized carbons (Fsp3) is 0. The van der Waals surface area contributed by atoms with E-state index in [0.717, 1.165) is 6.08 Å². The number of hydrogen-bond donors (Lipinski definition) is 1. The Morgan fingerprint density at radius 3 is 2.64 bits per heavy atom. The molecule has 0 fully saturated rings. The van der Waals surface area contributed by atoms with Crippen LogP contribution in [0, 0.1) is 0 Å². The van der Waals surface area contributed by atoms with Crippen molar-refractivity contribution in [3.05, 3.63) is 39.9 Å². The molecule has 0 aromatic heterocycles. The van der Waals surface area contributed by atoms with Crippen LogP contribution in [0.1, 0.15) is 15.9 Å². The lowest BCUT2D eigenvalue weighted by atomic mass is 9.94. The summed E-state index contributed by atoms with van der Waals surface area (Å²) in [5, 5.41) is 9.44. The number of ketones is 2. The molecule has 1 aliphatic rings. The minimum absolute atomic E-state index is 0.161. The minimum Gasteiger partial charge on any atom is -0.507 e. The van der Waals surface area contributed by atoms with Gasteiger partial charge in [0.05, 0.1) is 5.56 Å². The second kappa shape index (κ2) is 3.06. The molecule has 0 amide bonds. The van der Waals surface area contributed by atoms with Gasteiger partial charge in [0.2, 0.25) is 11.6 Å². The quantitative estimate of drug-likeness (QED) is 0.720. The summed E-state index contributed by atoms with van der Waals surface area (Å²) in [5.74, 6) is -1.45. The summed E-state index contributed by atoms with van der Waals surface area (Å²) in [7, 11) is 0. The number of rotatable bonds is 0. The van der Waals surface area contributed by atoms with Gasteiger partial charge in [0.15, 0.2) is 0 Å². The smallest absolute Gasteiger partial charge is 0.234 e. The van der Waals surface area contributed by atoms with Gasteiger partial charge in [-0.15, -0.1) is 0 Å². The number of fused-ring (bicyclic) bond motifs is 1. The normalized spacial score (nSPS) is 15.1. The summed E-state index contributed by atoms with van der Waals surface area (Å²) in [6.45, 7) is 0. The van der Waals surface area contributed by atoms with E-state index in [1.165, 1.54) is 0 Å². The Kier molecular flexibility index (Phi) is 2.00. The maximum atomic E-state index is 11.4. The second-order valence-electron chi connectivity index (χ2n) is 2.89. The topological polar surface area (TPSA) is 54.4 Å². The first-order valence-electron chi connectivity index (χ1n) is 3.89. The average Bonchev–Trinajstić information content (AvgIpc) is 2.14. The van der Waals surface area contributed by atoms with Gasteiger partial charge >= 0.3 is 0 Å². The Balaban J connectivity index is 2.78. The third-order valence-electron chi connectivity index (χ3n) is 2.01. The zero-order valence-corrected chi connectivity index (χ0v) is 8.54. The van der Waals surface area contributed by atoms with Crippen molar-refractivity contribution in [3.8, 4) is 0 Å². The van der Waals surface area contributed by atoms with Crippen LogP contribution in [-0.2, 0) is 4.79 Å². The monoisotopic (exact) mass is 252 g/mol. The molecular formula is C10H5BrO3. The minimum atomic E-state index is -0.693. The van der Waals surface area contributed by atoms with E-state index >= 15 is 0 Å². The maximum Gasteiger partial charge on any atom is 0.234 e. The van der Waals surface area contributed by atoms with Crippen molar-refractivity contribution >= 4 is 33.3 Å². The standard InChI is InChI=1S/C10H5BrO3/c11-6-3-1-2-5-7(12)4-8(13)10(14)9(5)6/h1-4,12H. The molecule has 70 valence electrons. The van der Waals surface area contributed by atoms with Crippen LogP contribution in [0.15, 0.2) is 28.7 Å². The lowest BCUT2D eigenvalue weighted by Gasteiger charge is -2.12. The zero-order chi connectivity index (χ0) is 10.3. The molecule has 0 saturated heterocycles. The van der Waals surface area contributed by atoms with Crippen LogP contribution >= 0.6 is 15.9 Å². The fourth-order valence-corrected chi connectivity index (χ4v) is 1.91. The summed E-state index contributed by atoms with van der Waals surface area (Å²) in [6, 6.07) is 4.94. The van der Waals surface area contributed by atoms with Crippen molar-refractivity contribution in [1.82, 2.24) is 0 Å². The van der Waals surface area contributed by atoms with Gasteiger partial charge in [-0.05, 0) is 6.07 Å². The Morgan fingerprint density at radius 2 is 1.93 bits per heavy atom. The van der Waals surface area contributed by atoms with E-state index in [0.29, 0.717) is 10.0 Å². The molecule has 4 heteroatoms. The molecule has 0 saturated carbocycles. The molecule has 1 N–H and O–H groups in total. The van der Waals surface area contributed by atoms with Crippen LogP contribution < -0.4 is 0 Å². The number of carbonyl (C=O) groups is 2. The van der Waals surface area contributed by atoms with Gasteiger partial charge in [0.1, 0.15) is 5.76 Å². The van der Waals surface area contributed by atoms with Gasteiger partial charge in [-0.2, -0.15) is 0 Å². The number of benzene rings is 1. The van der Waals surface area contributed by atoms with Crippen LogP contribution in [0.25, 0.3) is 5.76 Å². The molecule has 0 radical (unpaired) electrons. The average molecular weight is 253 g/mol. The van der Waals surface area contributed by atoms with E-state index in [9.17, 15) is 14.7 Å². The molecule has 0 atom stereocenters. The third-order valence-corrected chi connectivity index (χ3v) is 2.67. The number of aliphatic hydroxyl groups is 1. The second-order valence-corrected chi connectivity index (χ2v) is 3.74. The van der Waals surface area contributed by atoms with E-state index < -0.39 is 11.6 Å². The molecule has 14 heavy (non-hydrogen) atoms. The van der Waals surface area contributed by atoms with E-state index in [4.69, 9.17) is 0 Å². The lowest BCUT2D eigenvalue weighted by Crippen LogP contribution is -2.19. The van der Waals surface area contributed by atoms with Crippen LogP contribution in [-0.4, -0.2) is 16.7 Å². The van der Waals surface area contributed by atoms with Crippen molar-refractivity contribution in [2.75, 3.05) is 0 Å². The van der Waals surface area contributed by atoms with Gasteiger partial charge in [-0.1, -0.05) is 28.1 Å². The Labute approximate surface area is 88.2 Å². The van der Waals surface area contributed by atoms with Crippen LogP contribution in [0.4, 0.5) is 0 Å². The van der Waals surface area contributed by atoms with Gasteiger partial charge in [-0.3, -0.25) is 9.59 Å². The first-order chi connectivity index (χ1) is 6.61. The SMILES string of the molecule is O=C1C=C(O)c2cccc(Br)c2C1=O. The van der Waals surface area contributed by atoms with Crippen molar-refractivity contribution in [3.63, 3.8) is 0 Å². The van der Waals surface area contributed by atoms with Gasteiger partial charge in [0, 0.05) is 16.1 Å². The fourth-order valence-electron chi connectivity index (χ4n) is 1.36. The highest BCUT2D eigenvalue weighted by molar-refractivity contribution is 9.10. The summed E-state index contributed by atoms with van der Waals surface area (Å²) >= 11 is 3.17. The predicted molar refractivity (Wildman–Crippen MR) is 54.1 cm³/mol. The Morgan fingerprint density at radius 1 is 1.21 bits per heavy atom. The molecule has 0 spiro atoms. The molecule has 0 bridgehead atoms. The molecule has 0 heterocycles. The molecule has 1 aromatic carbocycles. The first-order valence-corrected chi connectivity index (χ1v) is 4.69. The van der Waals surface area contributed by atoms with Crippen molar-refractivity contribution in [1.29, 1.82) is 0 Å². The first kappa shape index (κ1) is 9.15. The van der Waals surface area contributed by atoms with E-state index in [1.807, 2.05) is 0 Å². The maximum absolute atomic E-state index is 11.4. The molecule has 1 aliphatic carbocycles. The molecule has 0 unspecified atom stereocenters. The summed E-state index contributed by atoms with van der Waals surface area (Å²) < 4.78 is 0.521. The molecular weight excluding hydrogens is 248 g/mol. The van der Waals surface area contributed by atoms with E-state index in [1.54, 1.807) is 18.2 Å². The summed E-state index contributed by atoms with van der Waals surface area (Å²) in [5.41, 5.74) is 0.626. The van der Waals surface area contributed by atoms with Crippen LogP contribution in [0.5, 0.6) is 0 Å². The van der Waals surface area contributed by atoms with E-state index in [2.05, 4.69) is 15.9 Å². The van der Waals surface area contributed by atoms with Crippen molar-refractivity contribution < 1.29 is 14.7 Å². The van der Waals surface area contributed by atoms with Gasteiger partial charge in [-0.25, -0.2) is 0 Å². The molecule has 3 nitrogen and oxygen atoms in total. The Bertz CT molecular complexity index is 474. The van der Waals surface area contributed by atoms with Crippen LogP contribution in [0.3, 0.4) is 0 Å². The number of halogens is 1. The predicted octanol–water partition coefficient (Wildman–Crippen LogP) is 2.11. The number of allylic oxidation sites excluding steroid dienone is 1. The lowest BCUT2D eigenvalue weighted by molar-refractivity contribution is -0.111. The number of aliphatic hydroxyl groups excluding tert-OH is 1. The molecule has 1 aromatic rings. The van der Waals surface area contributed by atoms with Crippen molar-refractivity contribution in [2.24, 2.45) is 0 Å². The third kappa shape index (κ3) is 1.19. The summed E-state index contributed by atoms with van der Waals surface area (Å²) in [4.78, 5) is 22.6. The van der Waals surface area contributed by atoms with Gasteiger partial charge < -0.3 is 5.11 Å². The Hall–Kier alpha value is -1.42. The highest BCUT2D eigenvalue weighted by atomic mass is 79.9. The number of Topliss-reactive ketones (excluding diaryl/α,β-unsaturated/α-hetero) is 1. The summed E-state index contributed by atoms with van der Waals surface area (Å²) in [6.07, 6.45) is 0.942. The van der Waals surface area contributed by atoms with Crippen molar-refractivity contribution in [2.45, 2.75) is 0 Å². The highest BCUT2D eigenvalue weighted by Crippen LogP contribution is 2.28. The van der Waals surface area contributed by atoms with E-state index in [-0.39, 0.29) is 11.3 Å². The zero-order valence-electron chi connectivity index (χ0n) is 6.95. The molecule has 2 rings (SSSR count). The number of hydrogen-bond acceptors (Lipinski definition) is 3. The largest absolute Gasteiger partial charge is 0.507 e. The van der Waals surface area contributed by atoms with Crippen LogP contribution in [0.2, 0.25) is 0 Å².